The smallest absolute Gasteiger partial charge is 0.254 e. The largest absolute Gasteiger partial charge is 0.387 e. The molecule has 148 valence electrons. The first-order chi connectivity index (χ1) is 13.0. The molecule has 1 unspecified atom stereocenters. The van der Waals surface area contributed by atoms with Gasteiger partial charge in [0.15, 0.2) is 0 Å². The molecule has 1 aromatic heterocycles. The summed E-state index contributed by atoms with van der Waals surface area (Å²) in [6.45, 7) is 11.3. The Morgan fingerprint density at radius 2 is 1.89 bits per heavy atom. The predicted molar refractivity (Wildman–Crippen MR) is 109 cm³/mol. The summed E-state index contributed by atoms with van der Waals surface area (Å²) in [7, 11) is 0. The highest BCUT2D eigenvalue weighted by Gasteiger charge is 2.45. The van der Waals surface area contributed by atoms with Crippen molar-refractivity contribution in [1.29, 1.82) is 0 Å². The van der Waals surface area contributed by atoms with Gasteiger partial charge in [-0.1, -0.05) is 32.0 Å². The lowest BCUT2D eigenvalue weighted by Crippen LogP contribution is -2.47. The van der Waals surface area contributed by atoms with E-state index in [0.29, 0.717) is 18.7 Å². The maximum absolute atomic E-state index is 13.0. The molecule has 0 spiro atoms. The molecular weight excluding hydrogens is 338 g/mol. The van der Waals surface area contributed by atoms with Crippen LogP contribution in [0.15, 0.2) is 36.8 Å². The van der Waals surface area contributed by atoms with Gasteiger partial charge in [-0.2, -0.15) is 0 Å². The molecule has 1 heterocycles. The minimum atomic E-state index is -0.828. The molecule has 1 aliphatic carbocycles. The molecule has 1 aromatic carbocycles. The molecule has 1 fully saturated rings. The van der Waals surface area contributed by atoms with E-state index in [9.17, 15) is 9.90 Å². The molecule has 1 aliphatic rings. The van der Waals surface area contributed by atoms with Crippen molar-refractivity contribution < 1.29 is 9.90 Å². The van der Waals surface area contributed by atoms with E-state index in [2.05, 4.69) is 4.98 Å². The summed E-state index contributed by atoms with van der Waals surface area (Å²) in [6, 6.07) is 7.38. The fraction of sp³-hybridized carbons (Fsp3) is 0.545. The second-order valence-corrected chi connectivity index (χ2v) is 6.87. The van der Waals surface area contributed by atoms with Crippen molar-refractivity contribution in [2.45, 2.75) is 65.5 Å². The topological polar surface area (TPSA) is 58.4 Å². The zero-order valence-electron chi connectivity index (χ0n) is 17.3. The molecule has 1 atom stereocenters. The van der Waals surface area contributed by atoms with Crippen LogP contribution in [0.4, 0.5) is 0 Å². The van der Waals surface area contributed by atoms with Crippen molar-refractivity contribution in [2.24, 2.45) is 0 Å². The van der Waals surface area contributed by atoms with Gasteiger partial charge in [-0.15, -0.1) is 0 Å². The minimum absolute atomic E-state index is 0.0197. The van der Waals surface area contributed by atoms with E-state index in [1.54, 1.807) is 12.5 Å². The lowest BCUT2D eigenvalue weighted by Gasteiger charge is -2.45. The Balaban J connectivity index is 0.00000126. The zero-order chi connectivity index (χ0) is 20.0. The van der Waals surface area contributed by atoms with Crippen molar-refractivity contribution in [2.75, 3.05) is 13.1 Å². The maximum atomic E-state index is 13.0. The van der Waals surface area contributed by atoms with Gasteiger partial charge >= 0.3 is 0 Å². The lowest BCUT2D eigenvalue weighted by molar-refractivity contribution is -0.0657. The second-order valence-electron chi connectivity index (χ2n) is 6.87. The molecule has 0 bridgehead atoms. The van der Waals surface area contributed by atoms with E-state index in [1.165, 1.54) is 0 Å². The third-order valence-electron chi connectivity index (χ3n) is 5.40. The summed E-state index contributed by atoms with van der Waals surface area (Å²) in [5.41, 5.74) is 1.70. The van der Waals surface area contributed by atoms with Crippen LogP contribution in [0.1, 0.15) is 74.6 Å². The first kappa shape index (κ1) is 21.2. The monoisotopic (exact) mass is 371 g/mol. The van der Waals surface area contributed by atoms with Gasteiger partial charge < -0.3 is 14.6 Å². The van der Waals surface area contributed by atoms with Gasteiger partial charge in [0.25, 0.3) is 5.91 Å². The molecule has 5 nitrogen and oxygen atoms in total. The van der Waals surface area contributed by atoms with Crippen molar-refractivity contribution in [3.05, 3.63) is 53.6 Å². The van der Waals surface area contributed by atoms with E-state index in [-0.39, 0.29) is 11.9 Å². The van der Waals surface area contributed by atoms with Crippen LogP contribution in [-0.4, -0.2) is 44.2 Å². The third kappa shape index (κ3) is 4.08. The van der Waals surface area contributed by atoms with Crippen molar-refractivity contribution in [3.8, 4) is 0 Å². The highest BCUT2D eigenvalue weighted by Crippen LogP contribution is 2.45. The van der Waals surface area contributed by atoms with Crippen LogP contribution in [-0.2, 0) is 0 Å². The Kier molecular flexibility index (Phi) is 7.19. The van der Waals surface area contributed by atoms with Crippen LogP contribution in [0.3, 0.4) is 0 Å². The van der Waals surface area contributed by atoms with Gasteiger partial charge in [0.2, 0.25) is 0 Å². The zero-order valence-corrected chi connectivity index (χ0v) is 17.3. The molecule has 0 saturated heterocycles. The van der Waals surface area contributed by atoms with E-state index in [0.717, 1.165) is 30.5 Å². The highest BCUT2D eigenvalue weighted by atomic mass is 16.3. The van der Waals surface area contributed by atoms with Gasteiger partial charge in [0, 0.05) is 30.5 Å². The Labute approximate surface area is 163 Å². The Morgan fingerprint density at radius 1 is 1.26 bits per heavy atom. The maximum Gasteiger partial charge on any atom is 0.254 e. The van der Waals surface area contributed by atoms with Gasteiger partial charge in [-0.25, -0.2) is 4.98 Å². The summed E-state index contributed by atoms with van der Waals surface area (Å²) >= 11 is 0. The van der Waals surface area contributed by atoms with Crippen LogP contribution < -0.4 is 0 Å². The predicted octanol–water partition coefficient (Wildman–Crippen LogP) is 4.20. The standard InChI is InChI=1S/C20H27N3O2.C2H6/c1-4-22(5-2)19(24)17-10-7-6-9-16(17)18(20(25)11-8-12-20)23-14-21-13-15(23)3;1-2/h6-7,9-10,13-14,18,25H,4-5,8,11-12H2,1-3H3;1-2H3. The molecule has 1 amide bonds. The third-order valence-corrected chi connectivity index (χ3v) is 5.40. The van der Waals surface area contributed by atoms with Crippen LogP contribution in [0.2, 0.25) is 0 Å². The van der Waals surface area contributed by atoms with Crippen molar-refractivity contribution >= 4 is 5.91 Å². The Hall–Kier alpha value is -2.14. The van der Waals surface area contributed by atoms with Crippen LogP contribution in [0.5, 0.6) is 0 Å². The number of aromatic nitrogens is 2. The highest BCUT2D eigenvalue weighted by molar-refractivity contribution is 5.96. The number of amides is 1. The molecule has 5 heteroatoms. The average Bonchev–Trinajstić information content (AvgIpc) is 3.09. The van der Waals surface area contributed by atoms with Gasteiger partial charge in [-0.05, 0) is 51.7 Å². The fourth-order valence-electron chi connectivity index (χ4n) is 3.76. The minimum Gasteiger partial charge on any atom is -0.387 e. The number of hydrogen-bond acceptors (Lipinski definition) is 3. The number of nitrogens with zero attached hydrogens (tertiary/aromatic N) is 3. The van der Waals surface area contributed by atoms with Crippen LogP contribution in [0.25, 0.3) is 0 Å². The number of rotatable bonds is 6. The number of hydrogen-bond donors (Lipinski definition) is 1. The fourth-order valence-corrected chi connectivity index (χ4v) is 3.76. The number of carbonyl (C=O) groups is 1. The van der Waals surface area contributed by atoms with Gasteiger partial charge in [0.1, 0.15) is 0 Å². The van der Waals surface area contributed by atoms with E-state index in [1.807, 2.05) is 68.4 Å². The van der Waals surface area contributed by atoms with E-state index in [4.69, 9.17) is 0 Å². The summed E-state index contributed by atoms with van der Waals surface area (Å²) in [5, 5.41) is 11.2. The van der Waals surface area contributed by atoms with Crippen molar-refractivity contribution in [3.63, 3.8) is 0 Å². The summed E-state index contributed by atoms with van der Waals surface area (Å²) < 4.78 is 2.01. The molecule has 0 radical (unpaired) electrons. The van der Waals surface area contributed by atoms with Crippen LogP contribution >= 0.6 is 0 Å². The molecule has 1 N–H and O–H groups in total. The molecule has 3 rings (SSSR count). The van der Waals surface area contributed by atoms with E-state index < -0.39 is 5.60 Å². The van der Waals surface area contributed by atoms with Crippen LogP contribution in [0, 0.1) is 6.92 Å². The number of carbonyl (C=O) groups excluding carboxylic acids is 1. The number of imidazole rings is 1. The number of aliphatic hydroxyl groups is 1. The van der Waals surface area contributed by atoms with Gasteiger partial charge in [0.05, 0.1) is 18.0 Å². The van der Waals surface area contributed by atoms with Gasteiger partial charge in [-0.3, -0.25) is 4.79 Å². The summed E-state index contributed by atoms with van der Waals surface area (Å²) in [5.74, 6) is 0.0197. The van der Waals surface area contributed by atoms with E-state index >= 15 is 0 Å². The Morgan fingerprint density at radius 3 is 2.37 bits per heavy atom. The molecular formula is C22H33N3O2. The Bertz CT molecular complexity index is 746. The summed E-state index contributed by atoms with van der Waals surface area (Å²) in [4.78, 5) is 19.1. The second kappa shape index (κ2) is 9.18. The number of benzene rings is 1. The normalized spacial score (nSPS) is 15.9. The first-order valence-electron chi connectivity index (χ1n) is 10.1. The molecule has 0 aliphatic heterocycles. The average molecular weight is 372 g/mol. The first-order valence-corrected chi connectivity index (χ1v) is 10.1. The SMILES string of the molecule is CC.CCN(CC)C(=O)c1ccccc1C(n1cncc1C)C1(O)CCC1. The number of aryl methyl sites for hydroxylation is 1. The van der Waals surface area contributed by atoms with Crippen molar-refractivity contribution in [1.82, 2.24) is 14.5 Å². The molecule has 1 saturated carbocycles. The molecule has 2 aromatic rings. The molecule has 27 heavy (non-hydrogen) atoms. The lowest BCUT2D eigenvalue weighted by atomic mass is 9.71. The quantitative estimate of drug-likeness (QED) is 0.828. The summed E-state index contributed by atoms with van der Waals surface area (Å²) in [6.07, 6.45) is 6.04.